The van der Waals surface area contributed by atoms with Gasteiger partial charge in [0, 0.05) is 18.7 Å². The van der Waals surface area contributed by atoms with Gasteiger partial charge in [-0.15, -0.1) is 0 Å². The van der Waals surface area contributed by atoms with Crippen molar-refractivity contribution in [3.63, 3.8) is 0 Å². The van der Waals surface area contributed by atoms with E-state index < -0.39 is 5.97 Å². The van der Waals surface area contributed by atoms with E-state index in [1.807, 2.05) is 16.9 Å². The third-order valence-corrected chi connectivity index (χ3v) is 3.91. The molecule has 1 aliphatic carbocycles. The second kappa shape index (κ2) is 5.55. The van der Waals surface area contributed by atoms with Crippen LogP contribution in [-0.4, -0.2) is 20.9 Å². The van der Waals surface area contributed by atoms with Crippen molar-refractivity contribution in [2.75, 3.05) is 0 Å². The molecule has 0 saturated heterocycles. The molecule has 18 heavy (non-hydrogen) atoms. The van der Waals surface area contributed by atoms with Crippen LogP contribution in [0.15, 0.2) is 12.3 Å². The molecular weight excluding hydrogens is 228 g/mol. The summed E-state index contributed by atoms with van der Waals surface area (Å²) in [5.74, 6) is -0.587. The summed E-state index contributed by atoms with van der Waals surface area (Å²) in [6, 6.07) is 2.28. The number of carbonyl (C=O) groups is 1. The maximum Gasteiger partial charge on any atom is 0.307 e. The second-order valence-corrected chi connectivity index (χ2v) is 5.57. The van der Waals surface area contributed by atoms with Crippen LogP contribution in [0.4, 0.5) is 0 Å². The average Bonchev–Trinajstić information content (AvgIpc) is 2.96. The molecular formula is C14H22N2O2. The van der Waals surface area contributed by atoms with Crippen LogP contribution in [0.5, 0.6) is 0 Å². The molecule has 0 bridgehead atoms. The molecule has 1 atom stereocenters. The van der Waals surface area contributed by atoms with Gasteiger partial charge in [0.2, 0.25) is 0 Å². The number of hydrogen-bond acceptors (Lipinski definition) is 2. The number of carboxylic acid groups (broad SMARTS) is 1. The summed E-state index contributed by atoms with van der Waals surface area (Å²) < 4.78 is 1.89. The molecule has 1 aromatic rings. The Labute approximate surface area is 108 Å². The van der Waals surface area contributed by atoms with Gasteiger partial charge in [0.1, 0.15) is 0 Å². The van der Waals surface area contributed by atoms with Crippen molar-refractivity contribution in [1.29, 1.82) is 0 Å². The minimum Gasteiger partial charge on any atom is -0.481 e. The molecule has 2 rings (SSSR count). The topological polar surface area (TPSA) is 55.1 Å². The molecule has 1 aliphatic rings. The predicted octanol–water partition coefficient (Wildman–Crippen LogP) is 2.90. The van der Waals surface area contributed by atoms with E-state index in [1.54, 1.807) is 0 Å². The van der Waals surface area contributed by atoms with E-state index in [9.17, 15) is 9.90 Å². The fraction of sp³-hybridized carbons (Fsp3) is 0.714. The van der Waals surface area contributed by atoms with Gasteiger partial charge in [-0.1, -0.05) is 12.8 Å². The number of carboxylic acids is 1. The van der Waals surface area contributed by atoms with Gasteiger partial charge in [0.15, 0.2) is 0 Å². The zero-order valence-corrected chi connectivity index (χ0v) is 11.2. The molecule has 0 aromatic carbocycles. The average molecular weight is 250 g/mol. The highest BCUT2D eigenvalue weighted by atomic mass is 16.4. The Morgan fingerprint density at radius 1 is 1.50 bits per heavy atom. The maximum absolute atomic E-state index is 11.4. The van der Waals surface area contributed by atoms with Gasteiger partial charge in [-0.3, -0.25) is 9.48 Å². The Balaban J connectivity index is 2.05. The van der Waals surface area contributed by atoms with E-state index in [1.165, 1.54) is 12.8 Å². The Morgan fingerprint density at radius 2 is 2.17 bits per heavy atom. The van der Waals surface area contributed by atoms with E-state index in [0.29, 0.717) is 18.4 Å². The lowest BCUT2D eigenvalue weighted by molar-refractivity contribution is -0.143. The summed E-state index contributed by atoms with van der Waals surface area (Å²) in [4.78, 5) is 11.4. The number of rotatable bonds is 5. The minimum absolute atomic E-state index is 0.261. The van der Waals surface area contributed by atoms with Gasteiger partial charge in [0.25, 0.3) is 0 Å². The first kappa shape index (κ1) is 13.1. The van der Waals surface area contributed by atoms with Crippen LogP contribution < -0.4 is 0 Å². The molecule has 1 aromatic heterocycles. The molecule has 1 fully saturated rings. The monoisotopic (exact) mass is 250 g/mol. The van der Waals surface area contributed by atoms with Crippen LogP contribution in [-0.2, 0) is 11.2 Å². The van der Waals surface area contributed by atoms with Gasteiger partial charge in [0.05, 0.1) is 11.6 Å². The van der Waals surface area contributed by atoms with Crippen molar-refractivity contribution in [3.05, 3.63) is 18.0 Å². The van der Waals surface area contributed by atoms with Crippen molar-refractivity contribution >= 4 is 5.97 Å². The third-order valence-electron chi connectivity index (χ3n) is 3.91. The first-order valence-electron chi connectivity index (χ1n) is 6.84. The lowest BCUT2D eigenvalue weighted by Gasteiger charge is -2.18. The zero-order valence-electron chi connectivity index (χ0n) is 11.2. The van der Waals surface area contributed by atoms with Crippen molar-refractivity contribution in [1.82, 2.24) is 9.78 Å². The maximum atomic E-state index is 11.4. The van der Waals surface area contributed by atoms with E-state index in [0.717, 1.165) is 18.5 Å². The Morgan fingerprint density at radius 3 is 2.67 bits per heavy atom. The van der Waals surface area contributed by atoms with Gasteiger partial charge < -0.3 is 5.11 Å². The van der Waals surface area contributed by atoms with Gasteiger partial charge >= 0.3 is 5.97 Å². The normalized spacial score (nSPS) is 18.4. The van der Waals surface area contributed by atoms with Crippen molar-refractivity contribution < 1.29 is 9.90 Å². The van der Waals surface area contributed by atoms with E-state index in [4.69, 9.17) is 0 Å². The highest BCUT2D eigenvalue weighted by Gasteiger charge is 2.31. The van der Waals surface area contributed by atoms with Crippen LogP contribution >= 0.6 is 0 Å². The quantitative estimate of drug-likeness (QED) is 0.874. The molecule has 4 heteroatoms. The van der Waals surface area contributed by atoms with E-state index in [2.05, 4.69) is 18.9 Å². The van der Waals surface area contributed by atoms with Crippen LogP contribution in [0, 0.1) is 11.8 Å². The zero-order chi connectivity index (χ0) is 13.1. The Kier molecular flexibility index (Phi) is 4.04. The summed E-state index contributed by atoms with van der Waals surface area (Å²) in [6.07, 6.45) is 6.97. The van der Waals surface area contributed by atoms with Crippen molar-refractivity contribution in [3.8, 4) is 0 Å². The first-order chi connectivity index (χ1) is 8.58. The highest BCUT2D eigenvalue weighted by molar-refractivity contribution is 5.70. The summed E-state index contributed by atoms with van der Waals surface area (Å²) in [5, 5.41) is 13.8. The molecule has 1 unspecified atom stereocenters. The van der Waals surface area contributed by atoms with Crippen molar-refractivity contribution in [2.24, 2.45) is 11.8 Å². The predicted molar refractivity (Wildman–Crippen MR) is 69.4 cm³/mol. The molecule has 100 valence electrons. The molecule has 4 nitrogen and oxygen atoms in total. The number of hydrogen-bond donors (Lipinski definition) is 1. The second-order valence-electron chi connectivity index (χ2n) is 5.57. The molecule has 0 spiro atoms. The molecule has 1 saturated carbocycles. The smallest absolute Gasteiger partial charge is 0.307 e. The van der Waals surface area contributed by atoms with Crippen LogP contribution in [0.2, 0.25) is 0 Å². The Bertz CT molecular complexity index is 406. The SMILES string of the molecule is CC(C)n1ccc(CC(C(=O)O)C2CCCC2)n1. The van der Waals surface area contributed by atoms with Gasteiger partial charge in [-0.2, -0.15) is 5.10 Å². The highest BCUT2D eigenvalue weighted by Crippen LogP contribution is 2.33. The van der Waals surface area contributed by atoms with E-state index >= 15 is 0 Å². The fourth-order valence-electron chi connectivity index (χ4n) is 2.81. The number of nitrogens with zero attached hydrogens (tertiary/aromatic N) is 2. The summed E-state index contributed by atoms with van der Waals surface area (Å²) >= 11 is 0. The third kappa shape index (κ3) is 2.92. The first-order valence-corrected chi connectivity index (χ1v) is 6.84. The number of aliphatic carboxylic acids is 1. The fourth-order valence-corrected chi connectivity index (χ4v) is 2.81. The number of aromatic nitrogens is 2. The lowest BCUT2D eigenvalue weighted by Crippen LogP contribution is -2.24. The largest absolute Gasteiger partial charge is 0.481 e. The molecule has 1 N–H and O–H groups in total. The minimum atomic E-state index is -0.666. The van der Waals surface area contributed by atoms with Gasteiger partial charge in [-0.25, -0.2) is 0 Å². The van der Waals surface area contributed by atoms with Crippen LogP contribution in [0.3, 0.4) is 0 Å². The molecule has 0 aliphatic heterocycles. The summed E-state index contributed by atoms with van der Waals surface area (Å²) in [6.45, 7) is 4.14. The lowest BCUT2D eigenvalue weighted by atomic mass is 9.87. The van der Waals surface area contributed by atoms with Gasteiger partial charge in [-0.05, 0) is 38.7 Å². The van der Waals surface area contributed by atoms with Crippen LogP contribution in [0.1, 0.15) is 51.3 Å². The summed E-state index contributed by atoms with van der Waals surface area (Å²) in [7, 11) is 0. The molecule has 0 amide bonds. The standard InChI is InChI=1S/C14H22N2O2/c1-10(2)16-8-7-12(15-16)9-13(14(17)18)11-5-3-4-6-11/h7-8,10-11,13H,3-6,9H2,1-2H3,(H,17,18). The molecule has 0 radical (unpaired) electrons. The van der Waals surface area contributed by atoms with Crippen molar-refractivity contribution in [2.45, 2.75) is 52.0 Å². The van der Waals surface area contributed by atoms with E-state index in [-0.39, 0.29) is 5.92 Å². The summed E-state index contributed by atoms with van der Waals surface area (Å²) in [5.41, 5.74) is 0.906. The Hall–Kier alpha value is -1.32. The van der Waals surface area contributed by atoms with Crippen LogP contribution in [0.25, 0.3) is 0 Å². The molecule has 1 heterocycles.